The van der Waals surface area contributed by atoms with Crippen LogP contribution in [0.5, 0.6) is 11.5 Å². The van der Waals surface area contributed by atoms with E-state index in [0.717, 1.165) is 0 Å². The number of aromatic nitrogens is 2. The number of rotatable bonds is 7. The normalized spacial score (nSPS) is 10.2. The van der Waals surface area contributed by atoms with E-state index in [1.807, 2.05) is 0 Å². The molecule has 0 aliphatic heterocycles. The van der Waals surface area contributed by atoms with Crippen LogP contribution in [0.1, 0.15) is 27.8 Å². The molecule has 148 valence electrons. The average molecular weight is 392 g/mol. The van der Waals surface area contributed by atoms with Crippen molar-refractivity contribution in [3.8, 4) is 11.5 Å². The molecule has 0 spiro atoms. The van der Waals surface area contributed by atoms with Crippen LogP contribution in [-0.4, -0.2) is 35.9 Å². The highest BCUT2D eigenvalue weighted by Crippen LogP contribution is 2.30. The zero-order chi connectivity index (χ0) is 20.8. The zero-order valence-corrected chi connectivity index (χ0v) is 16.2. The number of ether oxygens (including phenoxy) is 2. The number of nitrogens with one attached hydrogen (secondary N) is 2. The second kappa shape index (κ2) is 8.83. The molecule has 1 aromatic heterocycles. The summed E-state index contributed by atoms with van der Waals surface area (Å²) in [5.74, 6) is 1.28. The minimum absolute atomic E-state index is 0.0375. The van der Waals surface area contributed by atoms with E-state index in [1.54, 1.807) is 56.7 Å². The third-order valence-electron chi connectivity index (χ3n) is 4.10. The Bertz CT molecular complexity index is 1020. The van der Waals surface area contributed by atoms with Crippen LogP contribution in [0.3, 0.4) is 0 Å². The largest absolute Gasteiger partial charge is 0.497 e. The van der Waals surface area contributed by atoms with E-state index in [0.29, 0.717) is 34.3 Å². The maximum Gasteiger partial charge on any atom is 0.275 e. The van der Waals surface area contributed by atoms with Crippen molar-refractivity contribution in [1.82, 2.24) is 9.97 Å². The molecule has 8 nitrogen and oxygen atoms in total. The Morgan fingerprint density at radius 2 is 1.69 bits per heavy atom. The first-order valence-electron chi connectivity index (χ1n) is 8.73. The molecule has 0 aliphatic carbocycles. The number of Topliss-reactive ketones (excluding diaryl/α,β-unsaturated/α-hetero) is 1. The lowest BCUT2D eigenvalue weighted by molar-refractivity contribution is 0.101. The molecule has 1 amide bonds. The van der Waals surface area contributed by atoms with Gasteiger partial charge in [0.1, 0.15) is 23.0 Å². The number of carbonyl (C=O) groups is 2. The molecule has 29 heavy (non-hydrogen) atoms. The van der Waals surface area contributed by atoms with Gasteiger partial charge in [0.15, 0.2) is 5.78 Å². The number of methoxy groups -OCH3 is 2. The van der Waals surface area contributed by atoms with Gasteiger partial charge >= 0.3 is 0 Å². The van der Waals surface area contributed by atoms with Crippen LogP contribution >= 0.6 is 0 Å². The lowest BCUT2D eigenvalue weighted by atomic mass is 10.1. The minimum Gasteiger partial charge on any atom is -0.497 e. The first-order valence-corrected chi connectivity index (χ1v) is 8.73. The molecule has 8 heteroatoms. The van der Waals surface area contributed by atoms with Gasteiger partial charge in [-0.15, -0.1) is 0 Å². The maximum absolute atomic E-state index is 12.3. The lowest BCUT2D eigenvalue weighted by Crippen LogP contribution is -2.14. The van der Waals surface area contributed by atoms with E-state index >= 15 is 0 Å². The number of benzene rings is 2. The van der Waals surface area contributed by atoms with E-state index in [9.17, 15) is 9.59 Å². The summed E-state index contributed by atoms with van der Waals surface area (Å²) in [5.41, 5.74) is 1.95. The van der Waals surface area contributed by atoms with Crippen LogP contribution in [-0.2, 0) is 0 Å². The predicted octanol–water partition coefficient (Wildman–Crippen LogP) is 3.69. The van der Waals surface area contributed by atoms with E-state index < -0.39 is 5.91 Å². The van der Waals surface area contributed by atoms with Gasteiger partial charge in [-0.3, -0.25) is 9.59 Å². The summed E-state index contributed by atoms with van der Waals surface area (Å²) in [6, 6.07) is 11.9. The topological polar surface area (TPSA) is 102 Å². The van der Waals surface area contributed by atoms with Gasteiger partial charge in [-0.05, 0) is 43.3 Å². The third-order valence-corrected chi connectivity index (χ3v) is 4.10. The monoisotopic (exact) mass is 392 g/mol. The highest BCUT2D eigenvalue weighted by Gasteiger charge is 2.11. The van der Waals surface area contributed by atoms with Crippen LogP contribution < -0.4 is 20.1 Å². The number of carbonyl (C=O) groups excluding carboxylic acids is 2. The van der Waals surface area contributed by atoms with E-state index in [1.165, 1.54) is 19.3 Å². The molecular weight excluding hydrogens is 372 g/mol. The number of hydrogen-bond donors (Lipinski definition) is 2. The number of ketones is 1. The van der Waals surface area contributed by atoms with Crippen molar-refractivity contribution in [3.63, 3.8) is 0 Å². The molecule has 0 unspecified atom stereocenters. The van der Waals surface area contributed by atoms with E-state index in [-0.39, 0.29) is 11.5 Å². The SMILES string of the molecule is COc1ccc(OC)c(Nc2cnc(C(=O)Nc3ccc(C(C)=O)cc3)cn2)c1. The van der Waals surface area contributed by atoms with Crippen LogP contribution in [0.15, 0.2) is 54.9 Å². The van der Waals surface area contributed by atoms with Crippen LogP contribution in [0.4, 0.5) is 17.2 Å². The standard InChI is InChI=1S/C21H20N4O4/c1-13(26)14-4-6-15(7-5-14)24-21(27)18-11-23-20(12-22-18)25-17-10-16(28-2)8-9-19(17)29-3/h4-12H,1-3H3,(H,23,25)(H,24,27). The fourth-order valence-electron chi connectivity index (χ4n) is 2.54. The Kier molecular flexibility index (Phi) is 6.03. The second-order valence-corrected chi connectivity index (χ2v) is 6.07. The summed E-state index contributed by atoms with van der Waals surface area (Å²) >= 11 is 0. The molecule has 0 saturated carbocycles. The first kappa shape index (κ1) is 19.8. The van der Waals surface area contributed by atoms with Gasteiger partial charge in [-0.25, -0.2) is 9.97 Å². The van der Waals surface area contributed by atoms with Gasteiger partial charge in [-0.1, -0.05) is 0 Å². The van der Waals surface area contributed by atoms with Gasteiger partial charge in [-0.2, -0.15) is 0 Å². The summed E-state index contributed by atoms with van der Waals surface area (Å²) in [5, 5.41) is 5.81. The van der Waals surface area contributed by atoms with E-state index in [2.05, 4.69) is 20.6 Å². The Labute approximate surface area is 167 Å². The Morgan fingerprint density at radius 1 is 0.931 bits per heavy atom. The van der Waals surface area contributed by atoms with Crippen LogP contribution in [0.25, 0.3) is 0 Å². The second-order valence-electron chi connectivity index (χ2n) is 6.07. The Balaban J connectivity index is 1.70. The van der Waals surface area contributed by atoms with Gasteiger partial charge in [0, 0.05) is 17.3 Å². The molecule has 3 rings (SSSR count). The molecule has 0 atom stereocenters. The molecule has 2 N–H and O–H groups in total. The van der Waals surface area contributed by atoms with Crippen LogP contribution in [0, 0.1) is 0 Å². The van der Waals surface area contributed by atoms with Crippen molar-refractivity contribution < 1.29 is 19.1 Å². The van der Waals surface area contributed by atoms with Gasteiger partial charge in [0.05, 0.1) is 32.3 Å². The molecule has 1 heterocycles. The fraction of sp³-hybridized carbons (Fsp3) is 0.143. The summed E-state index contributed by atoms with van der Waals surface area (Å²) in [4.78, 5) is 32.0. The molecule has 3 aromatic rings. The number of nitrogens with zero attached hydrogens (tertiary/aromatic N) is 2. The molecule has 0 saturated heterocycles. The minimum atomic E-state index is -0.404. The summed E-state index contributed by atoms with van der Waals surface area (Å²) in [7, 11) is 3.14. The van der Waals surface area contributed by atoms with Crippen molar-refractivity contribution in [2.75, 3.05) is 24.9 Å². The number of amides is 1. The average Bonchev–Trinajstić information content (AvgIpc) is 2.74. The van der Waals surface area contributed by atoms with Gasteiger partial charge in [0.25, 0.3) is 5.91 Å². The summed E-state index contributed by atoms with van der Waals surface area (Å²) in [6.45, 7) is 1.49. The highest BCUT2D eigenvalue weighted by molar-refractivity contribution is 6.03. The Morgan fingerprint density at radius 3 is 2.28 bits per heavy atom. The molecule has 0 bridgehead atoms. The van der Waals surface area contributed by atoms with Gasteiger partial charge < -0.3 is 20.1 Å². The fourth-order valence-corrected chi connectivity index (χ4v) is 2.54. The Hall–Kier alpha value is -3.94. The first-order chi connectivity index (χ1) is 14.0. The molecule has 0 aliphatic rings. The van der Waals surface area contributed by atoms with Crippen molar-refractivity contribution in [2.24, 2.45) is 0 Å². The predicted molar refractivity (Wildman–Crippen MR) is 109 cm³/mol. The third kappa shape index (κ3) is 4.86. The summed E-state index contributed by atoms with van der Waals surface area (Å²) < 4.78 is 10.5. The smallest absolute Gasteiger partial charge is 0.275 e. The molecule has 0 fully saturated rings. The molecule has 2 aromatic carbocycles. The summed E-state index contributed by atoms with van der Waals surface area (Å²) in [6.07, 6.45) is 2.82. The van der Waals surface area contributed by atoms with Gasteiger partial charge in [0.2, 0.25) is 0 Å². The molecular formula is C21H20N4O4. The van der Waals surface area contributed by atoms with E-state index in [4.69, 9.17) is 9.47 Å². The molecule has 0 radical (unpaired) electrons. The van der Waals surface area contributed by atoms with Crippen LogP contribution in [0.2, 0.25) is 0 Å². The highest BCUT2D eigenvalue weighted by atomic mass is 16.5. The lowest BCUT2D eigenvalue weighted by Gasteiger charge is -2.12. The number of anilines is 3. The van der Waals surface area contributed by atoms with Crippen molar-refractivity contribution in [3.05, 3.63) is 66.1 Å². The van der Waals surface area contributed by atoms with Crippen molar-refractivity contribution in [2.45, 2.75) is 6.92 Å². The van der Waals surface area contributed by atoms with Crippen molar-refractivity contribution in [1.29, 1.82) is 0 Å². The van der Waals surface area contributed by atoms with Crippen molar-refractivity contribution >= 4 is 28.9 Å². The quantitative estimate of drug-likeness (QED) is 0.591. The number of hydrogen-bond acceptors (Lipinski definition) is 7. The zero-order valence-electron chi connectivity index (χ0n) is 16.2. The maximum atomic E-state index is 12.3.